The molecule has 0 saturated carbocycles. The number of halogens is 1. The first-order valence-corrected chi connectivity index (χ1v) is 8.93. The quantitative estimate of drug-likeness (QED) is 0.908. The Hall–Kier alpha value is -1.11. The molecule has 0 aliphatic carbocycles. The molecule has 1 aromatic rings. The summed E-state index contributed by atoms with van der Waals surface area (Å²) in [5, 5.41) is 0.270. The first-order valence-electron chi connectivity index (χ1n) is 6.90. The smallest absolute Gasteiger partial charge is 0.255 e. The Balaban J connectivity index is 2.31. The number of nitrogens with zero attached hydrogens (tertiary/aromatic N) is 1. The summed E-state index contributed by atoms with van der Waals surface area (Å²) in [7, 11) is -3.36. The minimum absolute atomic E-state index is 0.0127. The van der Waals surface area contributed by atoms with Crippen molar-refractivity contribution in [2.45, 2.75) is 18.2 Å². The number of carbonyl (C=O) groups excluding carboxylic acids is 1. The van der Waals surface area contributed by atoms with E-state index >= 15 is 0 Å². The largest absolute Gasteiger partial charge is 0.338 e. The molecule has 1 saturated heterocycles. The third-order valence-electron chi connectivity index (χ3n) is 3.81. The molecule has 1 amide bonds. The second-order valence-corrected chi connectivity index (χ2v) is 7.87. The highest BCUT2D eigenvalue weighted by Crippen LogP contribution is 2.25. The average Bonchev–Trinajstić information content (AvgIpc) is 2.95. The summed E-state index contributed by atoms with van der Waals surface area (Å²) in [6.45, 7) is 3.33. The lowest BCUT2D eigenvalue weighted by Crippen LogP contribution is -2.30. The zero-order valence-corrected chi connectivity index (χ0v) is 13.5. The van der Waals surface area contributed by atoms with Gasteiger partial charge in [-0.3, -0.25) is 4.79 Å². The molecule has 2 N–H and O–H groups in total. The van der Waals surface area contributed by atoms with Gasteiger partial charge in [0.25, 0.3) is 5.91 Å². The highest BCUT2D eigenvalue weighted by atomic mass is 35.5. The van der Waals surface area contributed by atoms with Crippen LogP contribution >= 0.6 is 11.6 Å². The van der Waals surface area contributed by atoms with Gasteiger partial charge in [0.05, 0.1) is 21.2 Å². The molecule has 0 aromatic heterocycles. The third-order valence-corrected chi connectivity index (χ3v) is 5.88. The summed E-state index contributed by atoms with van der Waals surface area (Å²) in [5.74, 6) is 0.0562. The molecule has 1 atom stereocenters. The Morgan fingerprint density at radius 1 is 1.48 bits per heavy atom. The number of benzene rings is 1. The maximum Gasteiger partial charge on any atom is 0.255 e. The van der Waals surface area contributed by atoms with Gasteiger partial charge < -0.3 is 10.6 Å². The van der Waals surface area contributed by atoms with Gasteiger partial charge in [0, 0.05) is 13.1 Å². The van der Waals surface area contributed by atoms with E-state index in [1.54, 1.807) is 11.8 Å². The van der Waals surface area contributed by atoms with E-state index < -0.39 is 9.84 Å². The first kappa shape index (κ1) is 16.3. The van der Waals surface area contributed by atoms with Crippen molar-refractivity contribution in [3.63, 3.8) is 0 Å². The second-order valence-electron chi connectivity index (χ2n) is 5.19. The predicted octanol–water partition coefficient (Wildman–Crippen LogP) is 1.55. The van der Waals surface area contributed by atoms with Gasteiger partial charge >= 0.3 is 0 Å². The molecular weight excluding hydrogens is 312 g/mol. The number of likely N-dealkylation sites (tertiary alicyclic amines) is 1. The summed E-state index contributed by atoms with van der Waals surface area (Å²) < 4.78 is 23.8. The molecule has 0 unspecified atom stereocenters. The highest BCUT2D eigenvalue weighted by Gasteiger charge is 2.28. The fourth-order valence-corrected chi connectivity index (χ4v) is 3.51. The van der Waals surface area contributed by atoms with E-state index in [0.717, 1.165) is 6.42 Å². The lowest BCUT2D eigenvalue weighted by Gasteiger charge is -2.17. The van der Waals surface area contributed by atoms with Crippen molar-refractivity contribution in [2.75, 3.05) is 25.4 Å². The number of rotatable bonds is 4. The molecule has 0 radical (unpaired) electrons. The maximum absolute atomic E-state index is 12.5. The topological polar surface area (TPSA) is 80.5 Å². The van der Waals surface area contributed by atoms with Crippen molar-refractivity contribution < 1.29 is 13.2 Å². The average molecular weight is 331 g/mol. The van der Waals surface area contributed by atoms with Crippen molar-refractivity contribution in [3.05, 3.63) is 28.8 Å². The van der Waals surface area contributed by atoms with Crippen LogP contribution in [0.2, 0.25) is 5.02 Å². The number of carbonyl (C=O) groups is 1. The van der Waals surface area contributed by atoms with Crippen LogP contribution in [0.4, 0.5) is 0 Å². The Morgan fingerprint density at radius 2 is 2.19 bits per heavy atom. The van der Waals surface area contributed by atoms with Crippen molar-refractivity contribution in [3.8, 4) is 0 Å². The standard InChI is InChI=1S/C14H19ClN2O3S/c1-2-21(19,20)11-3-4-13(15)12(7-11)14(18)17-6-5-10(8-16)9-17/h3-4,7,10H,2,5-6,8-9,16H2,1H3/t10-/m1/s1. The fourth-order valence-electron chi connectivity index (χ4n) is 2.41. The van der Waals surface area contributed by atoms with E-state index in [1.165, 1.54) is 18.2 Å². The molecule has 2 rings (SSSR count). The Labute approximate surface area is 130 Å². The molecule has 21 heavy (non-hydrogen) atoms. The predicted molar refractivity (Wildman–Crippen MR) is 82.2 cm³/mol. The van der Waals surface area contributed by atoms with Gasteiger partial charge in [-0.05, 0) is 37.1 Å². The van der Waals surface area contributed by atoms with Crippen molar-refractivity contribution in [1.82, 2.24) is 4.90 Å². The molecule has 0 bridgehead atoms. The molecule has 1 aromatic carbocycles. The number of nitrogens with two attached hydrogens (primary N) is 1. The third kappa shape index (κ3) is 3.39. The van der Waals surface area contributed by atoms with Crippen LogP contribution in [0.25, 0.3) is 0 Å². The van der Waals surface area contributed by atoms with Gasteiger partial charge in [-0.25, -0.2) is 8.42 Å². The van der Waals surface area contributed by atoms with Crippen molar-refractivity contribution >= 4 is 27.3 Å². The van der Waals surface area contributed by atoms with Crippen LogP contribution in [-0.2, 0) is 9.84 Å². The monoisotopic (exact) mass is 330 g/mol. The van der Waals surface area contributed by atoms with E-state index in [4.69, 9.17) is 17.3 Å². The highest BCUT2D eigenvalue weighted by molar-refractivity contribution is 7.91. The van der Waals surface area contributed by atoms with Crippen LogP contribution < -0.4 is 5.73 Å². The van der Waals surface area contributed by atoms with E-state index in [-0.39, 0.29) is 27.1 Å². The zero-order valence-electron chi connectivity index (χ0n) is 11.9. The SMILES string of the molecule is CCS(=O)(=O)c1ccc(Cl)c(C(=O)N2CC[C@H](CN)C2)c1. The summed E-state index contributed by atoms with van der Waals surface area (Å²) in [6.07, 6.45) is 0.868. The number of hydrogen-bond donors (Lipinski definition) is 1. The van der Waals surface area contributed by atoms with E-state index in [1.807, 2.05) is 0 Å². The van der Waals surface area contributed by atoms with Gasteiger partial charge in [-0.2, -0.15) is 0 Å². The number of hydrogen-bond acceptors (Lipinski definition) is 4. The lowest BCUT2D eigenvalue weighted by atomic mass is 10.1. The van der Waals surface area contributed by atoms with Crippen molar-refractivity contribution in [2.24, 2.45) is 11.7 Å². The summed E-state index contributed by atoms with van der Waals surface area (Å²) >= 11 is 6.07. The second kappa shape index (κ2) is 6.34. The van der Waals surface area contributed by atoms with Crippen molar-refractivity contribution in [1.29, 1.82) is 0 Å². The molecule has 0 spiro atoms. The molecule has 116 valence electrons. The van der Waals surface area contributed by atoms with Gasteiger partial charge in [0.15, 0.2) is 9.84 Å². The van der Waals surface area contributed by atoms with Crippen LogP contribution in [0.1, 0.15) is 23.7 Å². The summed E-state index contributed by atoms with van der Waals surface area (Å²) in [4.78, 5) is 14.3. The van der Waals surface area contributed by atoms with Crippen LogP contribution in [0.5, 0.6) is 0 Å². The van der Waals surface area contributed by atoms with Crippen LogP contribution in [0.3, 0.4) is 0 Å². The fraction of sp³-hybridized carbons (Fsp3) is 0.500. The molecule has 7 heteroatoms. The minimum atomic E-state index is -3.36. The maximum atomic E-state index is 12.5. The van der Waals surface area contributed by atoms with Crippen LogP contribution in [0.15, 0.2) is 23.1 Å². The first-order chi connectivity index (χ1) is 9.89. The molecule has 1 aliphatic heterocycles. The lowest BCUT2D eigenvalue weighted by molar-refractivity contribution is 0.0787. The molecule has 1 fully saturated rings. The Kier molecular flexibility index (Phi) is 4.91. The van der Waals surface area contributed by atoms with Gasteiger partial charge in [0.1, 0.15) is 0 Å². The van der Waals surface area contributed by atoms with E-state index in [0.29, 0.717) is 25.6 Å². The van der Waals surface area contributed by atoms with Gasteiger partial charge in [-0.1, -0.05) is 18.5 Å². The van der Waals surface area contributed by atoms with Gasteiger partial charge in [0.2, 0.25) is 0 Å². The normalized spacial score (nSPS) is 19.0. The zero-order chi connectivity index (χ0) is 15.6. The van der Waals surface area contributed by atoms with E-state index in [2.05, 4.69) is 0 Å². The Morgan fingerprint density at radius 3 is 2.76 bits per heavy atom. The molecule has 5 nitrogen and oxygen atoms in total. The molecule has 1 aliphatic rings. The van der Waals surface area contributed by atoms with Crippen LogP contribution in [0, 0.1) is 5.92 Å². The van der Waals surface area contributed by atoms with Gasteiger partial charge in [-0.15, -0.1) is 0 Å². The minimum Gasteiger partial charge on any atom is -0.338 e. The number of sulfone groups is 1. The molecule has 1 heterocycles. The summed E-state index contributed by atoms with van der Waals surface area (Å²) in [5.41, 5.74) is 5.86. The summed E-state index contributed by atoms with van der Waals surface area (Å²) in [6, 6.07) is 4.28. The Bertz CT molecular complexity index is 646. The van der Waals surface area contributed by atoms with Crippen LogP contribution in [-0.4, -0.2) is 44.6 Å². The molecular formula is C14H19ClN2O3S. The van der Waals surface area contributed by atoms with E-state index in [9.17, 15) is 13.2 Å². The number of amides is 1.